The smallest absolute Gasteiger partial charge is 0.330 e. The highest BCUT2D eigenvalue weighted by atomic mass is 16.5. The van der Waals surface area contributed by atoms with Crippen molar-refractivity contribution in [2.45, 2.75) is 39.5 Å². The fraction of sp³-hybridized carbons (Fsp3) is 0.348. The standard InChI is InChI=1S/C11H20O2.C8H8.C4H6/c1-4-7-8-10(5-2)9-13-11(12)6-3;1-2-8-6-4-3-5-7-8;1-3-4-2/h6,10H,3-5,7-9H2,1-2H3;2-7H,1H2;3-4H,1-2H2. The fourth-order valence-electron chi connectivity index (χ4n) is 1.75. The van der Waals surface area contributed by atoms with E-state index >= 15 is 0 Å². The highest BCUT2D eigenvalue weighted by molar-refractivity contribution is 5.81. The largest absolute Gasteiger partial charge is 0.462 e. The lowest BCUT2D eigenvalue weighted by Gasteiger charge is -2.13. The maximum absolute atomic E-state index is 10.8. The van der Waals surface area contributed by atoms with Gasteiger partial charge in [0.05, 0.1) is 6.61 Å². The van der Waals surface area contributed by atoms with E-state index in [4.69, 9.17) is 4.74 Å². The number of ether oxygens (including phenoxy) is 1. The number of esters is 1. The molecule has 0 aliphatic heterocycles. The summed E-state index contributed by atoms with van der Waals surface area (Å²) >= 11 is 0. The van der Waals surface area contributed by atoms with Crippen LogP contribution in [0.15, 0.2) is 74.9 Å². The van der Waals surface area contributed by atoms with E-state index in [1.54, 1.807) is 12.2 Å². The molecule has 2 heteroatoms. The number of hydrogen-bond donors (Lipinski definition) is 0. The van der Waals surface area contributed by atoms with E-state index < -0.39 is 0 Å². The van der Waals surface area contributed by atoms with Crippen LogP contribution in [-0.2, 0) is 9.53 Å². The lowest BCUT2D eigenvalue weighted by molar-refractivity contribution is -0.139. The molecule has 1 rings (SSSR count). The molecule has 0 heterocycles. The van der Waals surface area contributed by atoms with Crippen molar-refractivity contribution in [3.63, 3.8) is 0 Å². The first-order valence-corrected chi connectivity index (χ1v) is 8.79. The second-order valence-electron chi connectivity index (χ2n) is 5.34. The van der Waals surface area contributed by atoms with Gasteiger partial charge in [0.1, 0.15) is 0 Å². The predicted octanol–water partition coefficient (Wildman–Crippen LogP) is 6.62. The molecule has 0 bridgehead atoms. The molecular weight excluding hydrogens is 308 g/mol. The quantitative estimate of drug-likeness (QED) is 0.286. The van der Waals surface area contributed by atoms with E-state index in [2.05, 4.69) is 40.2 Å². The van der Waals surface area contributed by atoms with Crippen LogP contribution in [0.25, 0.3) is 6.08 Å². The molecule has 0 fully saturated rings. The molecule has 0 aromatic heterocycles. The van der Waals surface area contributed by atoms with Crippen LogP contribution < -0.4 is 0 Å². The van der Waals surface area contributed by atoms with Gasteiger partial charge in [-0.25, -0.2) is 4.79 Å². The molecule has 0 aliphatic carbocycles. The van der Waals surface area contributed by atoms with Crippen LogP contribution in [0.1, 0.15) is 45.1 Å². The predicted molar refractivity (Wildman–Crippen MR) is 111 cm³/mol. The van der Waals surface area contributed by atoms with Crippen molar-refractivity contribution in [1.29, 1.82) is 0 Å². The Hall–Kier alpha value is -2.35. The van der Waals surface area contributed by atoms with Gasteiger partial charge in [0.15, 0.2) is 0 Å². The zero-order chi connectivity index (χ0) is 19.3. The van der Waals surface area contributed by atoms with Crippen LogP contribution in [0.4, 0.5) is 0 Å². The van der Waals surface area contributed by atoms with Crippen molar-refractivity contribution in [3.05, 3.63) is 80.4 Å². The summed E-state index contributed by atoms with van der Waals surface area (Å²) in [4.78, 5) is 10.8. The zero-order valence-corrected chi connectivity index (χ0v) is 16.0. The van der Waals surface area contributed by atoms with Crippen molar-refractivity contribution in [2.24, 2.45) is 5.92 Å². The van der Waals surface area contributed by atoms with Gasteiger partial charge in [0.25, 0.3) is 0 Å². The van der Waals surface area contributed by atoms with E-state index in [1.165, 1.54) is 24.5 Å². The summed E-state index contributed by atoms with van der Waals surface area (Å²) < 4.78 is 4.98. The minimum absolute atomic E-state index is 0.310. The maximum Gasteiger partial charge on any atom is 0.330 e. The molecule has 138 valence electrons. The van der Waals surface area contributed by atoms with Crippen LogP contribution in [-0.4, -0.2) is 12.6 Å². The molecule has 1 unspecified atom stereocenters. The van der Waals surface area contributed by atoms with Crippen LogP contribution in [0.5, 0.6) is 0 Å². The normalized spacial score (nSPS) is 9.84. The maximum atomic E-state index is 10.8. The molecular formula is C23H34O2. The third kappa shape index (κ3) is 17.8. The molecule has 1 aromatic carbocycles. The summed E-state index contributed by atoms with van der Waals surface area (Å²) in [6, 6.07) is 10.0. The third-order valence-electron chi connectivity index (χ3n) is 3.37. The summed E-state index contributed by atoms with van der Waals surface area (Å²) in [6.07, 6.45) is 11.0. The second kappa shape index (κ2) is 19.7. The van der Waals surface area contributed by atoms with Gasteiger partial charge in [-0.05, 0) is 17.9 Å². The number of hydrogen-bond acceptors (Lipinski definition) is 2. The van der Waals surface area contributed by atoms with Gasteiger partial charge in [-0.2, -0.15) is 0 Å². The van der Waals surface area contributed by atoms with Crippen LogP contribution >= 0.6 is 0 Å². The fourth-order valence-corrected chi connectivity index (χ4v) is 1.75. The number of allylic oxidation sites excluding steroid dienone is 2. The van der Waals surface area contributed by atoms with Crippen LogP contribution in [0.2, 0.25) is 0 Å². The van der Waals surface area contributed by atoms with E-state index in [0.717, 1.165) is 12.8 Å². The van der Waals surface area contributed by atoms with Crippen molar-refractivity contribution in [1.82, 2.24) is 0 Å². The lowest BCUT2D eigenvalue weighted by atomic mass is 10.0. The number of carbonyl (C=O) groups is 1. The summed E-state index contributed by atoms with van der Waals surface area (Å²) in [5.41, 5.74) is 1.17. The number of unbranched alkanes of at least 4 members (excludes halogenated alkanes) is 1. The lowest BCUT2D eigenvalue weighted by Crippen LogP contribution is -2.12. The number of carbonyl (C=O) groups excluding carboxylic acids is 1. The summed E-state index contributed by atoms with van der Waals surface area (Å²) in [5.74, 6) is 0.207. The SMILES string of the molecule is C=CC(=O)OCC(CC)CCCC.C=CC=C.C=Cc1ccccc1. The Balaban J connectivity index is 0. The van der Waals surface area contributed by atoms with Gasteiger partial charge < -0.3 is 4.74 Å². The Kier molecular flexibility index (Phi) is 19.6. The Morgan fingerprint density at radius 3 is 2.04 bits per heavy atom. The van der Waals surface area contributed by atoms with E-state index in [1.807, 2.05) is 36.4 Å². The molecule has 1 atom stereocenters. The van der Waals surface area contributed by atoms with Gasteiger partial charge >= 0.3 is 5.97 Å². The first-order chi connectivity index (χ1) is 12.1. The average Bonchev–Trinajstić information content (AvgIpc) is 2.69. The van der Waals surface area contributed by atoms with Crippen molar-refractivity contribution in [3.8, 4) is 0 Å². The summed E-state index contributed by atoms with van der Waals surface area (Å²) in [5, 5.41) is 0. The van der Waals surface area contributed by atoms with E-state index in [-0.39, 0.29) is 5.97 Å². The van der Waals surface area contributed by atoms with Gasteiger partial charge in [0, 0.05) is 6.08 Å². The molecule has 25 heavy (non-hydrogen) atoms. The Morgan fingerprint density at radius 1 is 1.08 bits per heavy atom. The molecule has 0 aliphatic rings. The molecule has 2 nitrogen and oxygen atoms in total. The average molecular weight is 343 g/mol. The van der Waals surface area contributed by atoms with Gasteiger partial charge in [-0.15, -0.1) is 0 Å². The Labute approximate surface area is 154 Å². The molecule has 0 N–H and O–H groups in total. The zero-order valence-electron chi connectivity index (χ0n) is 16.0. The Morgan fingerprint density at radius 2 is 1.68 bits per heavy atom. The minimum atomic E-state index is -0.310. The van der Waals surface area contributed by atoms with Crippen molar-refractivity contribution in [2.75, 3.05) is 6.61 Å². The third-order valence-corrected chi connectivity index (χ3v) is 3.37. The summed E-state index contributed by atoms with van der Waals surface area (Å²) in [7, 11) is 0. The number of rotatable bonds is 9. The van der Waals surface area contributed by atoms with Crippen LogP contribution in [0, 0.1) is 5.92 Å². The monoisotopic (exact) mass is 342 g/mol. The Bertz CT molecular complexity index is 468. The first-order valence-electron chi connectivity index (χ1n) is 8.79. The topological polar surface area (TPSA) is 26.3 Å². The number of benzene rings is 1. The van der Waals surface area contributed by atoms with Crippen LogP contribution in [0.3, 0.4) is 0 Å². The van der Waals surface area contributed by atoms with Crippen molar-refractivity contribution < 1.29 is 9.53 Å². The minimum Gasteiger partial charge on any atom is -0.462 e. The van der Waals surface area contributed by atoms with E-state index in [0.29, 0.717) is 12.5 Å². The second-order valence-corrected chi connectivity index (χ2v) is 5.34. The molecule has 1 aromatic rings. The van der Waals surface area contributed by atoms with Gasteiger partial charge in [-0.3, -0.25) is 0 Å². The van der Waals surface area contributed by atoms with Gasteiger partial charge in [0.2, 0.25) is 0 Å². The summed E-state index contributed by atoms with van der Waals surface area (Å²) in [6.45, 7) is 18.5. The first kappa shape index (κ1) is 24.9. The highest BCUT2D eigenvalue weighted by Crippen LogP contribution is 2.12. The van der Waals surface area contributed by atoms with E-state index in [9.17, 15) is 4.79 Å². The van der Waals surface area contributed by atoms with Gasteiger partial charge in [-0.1, -0.05) is 108 Å². The molecule has 0 saturated carbocycles. The van der Waals surface area contributed by atoms with Crippen molar-refractivity contribution >= 4 is 12.0 Å². The molecule has 0 spiro atoms. The molecule has 0 radical (unpaired) electrons. The highest BCUT2D eigenvalue weighted by Gasteiger charge is 2.07. The molecule has 0 saturated heterocycles. The molecule has 0 amide bonds.